The lowest BCUT2D eigenvalue weighted by molar-refractivity contribution is -0.142. The molecule has 0 aliphatic heterocycles. The Bertz CT molecular complexity index is 340. The Morgan fingerprint density at radius 1 is 1.19 bits per heavy atom. The highest BCUT2D eigenvalue weighted by atomic mass is 16.2. The number of nitrogens with zero attached hydrogens (tertiary/aromatic N) is 2. The molecule has 122 valence electrons. The molecule has 1 aliphatic rings. The second-order valence-corrected chi connectivity index (χ2v) is 6.07. The fraction of sp³-hybridized carbons (Fsp3) is 0.875. The lowest BCUT2D eigenvalue weighted by Gasteiger charge is -2.31. The van der Waals surface area contributed by atoms with E-state index < -0.39 is 0 Å². The molecular formula is C16H31N3O2. The molecule has 2 atom stereocenters. The summed E-state index contributed by atoms with van der Waals surface area (Å²) in [7, 11) is 1.75. The van der Waals surface area contributed by atoms with Crippen molar-refractivity contribution < 1.29 is 9.59 Å². The Labute approximate surface area is 128 Å². The van der Waals surface area contributed by atoms with E-state index in [1.54, 1.807) is 16.8 Å². The average molecular weight is 297 g/mol. The Balaban J connectivity index is 2.51. The molecule has 0 bridgehead atoms. The minimum atomic E-state index is 0.0326. The van der Waals surface area contributed by atoms with Crippen LogP contribution in [0.3, 0.4) is 0 Å². The second kappa shape index (κ2) is 9.03. The SMILES string of the molecule is CCN(CC)C(=O)CN(C)C(=O)C1CCCC(CCN)C1. The van der Waals surface area contributed by atoms with Gasteiger partial charge < -0.3 is 15.5 Å². The molecule has 2 unspecified atom stereocenters. The number of rotatable bonds is 7. The number of carbonyl (C=O) groups is 2. The van der Waals surface area contributed by atoms with Crippen LogP contribution in [0.4, 0.5) is 0 Å². The van der Waals surface area contributed by atoms with Gasteiger partial charge in [-0.05, 0) is 45.6 Å². The maximum absolute atomic E-state index is 12.5. The van der Waals surface area contributed by atoms with Gasteiger partial charge in [0.2, 0.25) is 11.8 Å². The highest BCUT2D eigenvalue weighted by molar-refractivity contribution is 5.85. The van der Waals surface area contributed by atoms with Gasteiger partial charge in [-0.1, -0.05) is 12.8 Å². The molecule has 5 heteroatoms. The molecular weight excluding hydrogens is 266 g/mol. The van der Waals surface area contributed by atoms with Crippen LogP contribution < -0.4 is 5.73 Å². The Morgan fingerprint density at radius 3 is 2.43 bits per heavy atom. The first kappa shape index (κ1) is 18.0. The van der Waals surface area contributed by atoms with Gasteiger partial charge in [-0.25, -0.2) is 0 Å². The molecule has 21 heavy (non-hydrogen) atoms. The molecule has 1 rings (SSSR count). The van der Waals surface area contributed by atoms with Crippen LogP contribution >= 0.6 is 0 Å². The van der Waals surface area contributed by atoms with Crippen molar-refractivity contribution in [3.63, 3.8) is 0 Å². The van der Waals surface area contributed by atoms with Crippen molar-refractivity contribution in [3.05, 3.63) is 0 Å². The first-order chi connectivity index (χ1) is 10.0. The third kappa shape index (κ3) is 5.30. The lowest BCUT2D eigenvalue weighted by Crippen LogP contribution is -2.43. The summed E-state index contributed by atoms with van der Waals surface area (Å²) in [5.74, 6) is 0.803. The number of hydrogen-bond acceptors (Lipinski definition) is 3. The molecule has 0 spiro atoms. The van der Waals surface area contributed by atoms with E-state index in [1.807, 2.05) is 13.8 Å². The molecule has 1 aliphatic carbocycles. The maximum atomic E-state index is 12.5. The summed E-state index contributed by atoms with van der Waals surface area (Å²) in [6.07, 6.45) is 5.16. The zero-order chi connectivity index (χ0) is 15.8. The average Bonchev–Trinajstić information content (AvgIpc) is 2.48. The zero-order valence-electron chi connectivity index (χ0n) is 13.8. The van der Waals surface area contributed by atoms with E-state index >= 15 is 0 Å². The third-order valence-electron chi connectivity index (χ3n) is 4.57. The van der Waals surface area contributed by atoms with Crippen LogP contribution in [0.25, 0.3) is 0 Å². The molecule has 0 radical (unpaired) electrons. The van der Waals surface area contributed by atoms with Gasteiger partial charge in [0, 0.05) is 26.1 Å². The molecule has 2 amide bonds. The van der Waals surface area contributed by atoms with Gasteiger partial charge in [0.05, 0.1) is 6.54 Å². The van der Waals surface area contributed by atoms with Crippen LogP contribution in [0, 0.1) is 11.8 Å². The van der Waals surface area contributed by atoms with E-state index in [9.17, 15) is 9.59 Å². The number of nitrogens with two attached hydrogens (primary N) is 1. The highest BCUT2D eigenvalue weighted by Crippen LogP contribution is 2.31. The zero-order valence-corrected chi connectivity index (χ0v) is 13.8. The van der Waals surface area contributed by atoms with Crippen molar-refractivity contribution in [2.24, 2.45) is 17.6 Å². The second-order valence-electron chi connectivity index (χ2n) is 6.07. The third-order valence-corrected chi connectivity index (χ3v) is 4.57. The first-order valence-corrected chi connectivity index (χ1v) is 8.26. The summed E-state index contributed by atoms with van der Waals surface area (Å²) in [4.78, 5) is 28.0. The molecule has 0 aromatic heterocycles. The number of amides is 2. The molecule has 1 saturated carbocycles. The number of hydrogen-bond donors (Lipinski definition) is 1. The van der Waals surface area contributed by atoms with Crippen LogP contribution in [0.2, 0.25) is 0 Å². The van der Waals surface area contributed by atoms with Gasteiger partial charge in [0.25, 0.3) is 0 Å². The number of carbonyl (C=O) groups excluding carboxylic acids is 2. The largest absolute Gasteiger partial charge is 0.342 e. The van der Waals surface area contributed by atoms with Crippen LogP contribution in [-0.4, -0.2) is 54.8 Å². The quantitative estimate of drug-likeness (QED) is 0.774. The Morgan fingerprint density at radius 2 is 1.86 bits per heavy atom. The minimum absolute atomic E-state index is 0.0326. The van der Waals surface area contributed by atoms with Gasteiger partial charge in [-0.2, -0.15) is 0 Å². The molecule has 0 aromatic rings. The lowest BCUT2D eigenvalue weighted by atomic mass is 9.79. The van der Waals surface area contributed by atoms with Crippen LogP contribution in [0.1, 0.15) is 46.0 Å². The minimum Gasteiger partial charge on any atom is -0.342 e. The van der Waals surface area contributed by atoms with Crippen LogP contribution in [-0.2, 0) is 9.59 Å². The van der Waals surface area contributed by atoms with Crippen molar-refractivity contribution in [2.75, 3.05) is 33.2 Å². The molecule has 5 nitrogen and oxygen atoms in total. The molecule has 1 fully saturated rings. The summed E-state index contributed by atoms with van der Waals surface area (Å²) in [6.45, 7) is 6.20. The highest BCUT2D eigenvalue weighted by Gasteiger charge is 2.29. The summed E-state index contributed by atoms with van der Waals surface area (Å²) < 4.78 is 0. The van der Waals surface area contributed by atoms with Gasteiger partial charge in [0.15, 0.2) is 0 Å². The summed E-state index contributed by atoms with van der Waals surface area (Å²) in [5.41, 5.74) is 5.62. The maximum Gasteiger partial charge on any atom is 0.242 e. The topological polar surface area (TPSA) is 66.6 Å². The molecule has 0 saturated heterocycles. The first-order valence-electron chi connectivity index (χ1n) is 8.26. The van der Waals surface area contributed by atoms with E-state index in [0.717, 1.165) is 25.7 Å². The summed E-state index contributed by atoms with van der Waals surface area (Å²) in [6, 6.07) is 0. The van der Waals surface area contributed by atoms with Crippen LogP contribution in [0.15, 0.2) is 0 Å². The van der Waals surface area contributed by atoms with E-state index in [2.05, 4.69) is 0 Å². The van der Waals surface area contributed by atoms with E-state index in [0.29, 0.717) is 25.6 Å². The summed E-state index contributed by atoms with van der Waals surface area (Å²) in [5, 5.41) is 0. The van der Waals surface area contributed by atoms with Crippen molar-refractivity contribution in [2.45, 2.75) is 46.0 Å². The van der Waals surface area contributed by atoms with E-state index in [1.165, 1.54) is 6.42 Å². The fourth-order valence-corrected chi connectivity index (χ4v) is 3.28. The predicted octanol–water partition coefficient (Wildman–Crippen LogP) is 1.47. The summed E-state index contributed by atoms with van der Waals surface area (Å²) >= 11 is 0. The number of likely N-dealkylation sites (N-methyl/N-ethyl adjacent to an activating group) is 2. The van der Waals surface area contributed by atoms with E-state index in [-0.39, 0.29) is 24.3 Å². The molecule has 2 N–H and O–H groups in total. The van der Waals surface area contributed by atoms with Gasteiger partial charge in [0.1, 0.15) is 0 Å². The van der Waals surface area contributed by atoms with Crippen molar-refractivity contribution in [1.82, 2.24) is 9.80 Å². The fourth-order valence-electron chi connectivity index (χ4n) is 3.28. The van der Waals surface area contributed by atoms with Gasteiger partial charge in [-0.15, -0.1) is 0 Å². The molecule has 0 heterocycles. The van der Waals surface area contributed by atoms with Gasteiger partial charge in [-0.3, -0.25) is 9.59 Å². The van der Waals surface area contributed by atoms with Crippen LogP contribution in [0.5, 0.6) is 0 Å². The molecule has 0 aromatic carbocycles. The van der Waals surface area contributed by atoms with Gasteiger partial charge >= 0.3 is 0 Å². The Kier molecular flexibility index (Phi) is 7.72. The Hall–Kier alpha value is -1.10. The predicted molar refractivity (Wildman–Crippen MR) is 84.7 cm³/mol. The smallest absolute Gasteiger partial charge is 0.242 e. The van der Waals surface area contributed by atoms with E-state index in [4.69, 9.17) is 5.73 Å². The van der Waals surface area contributed by atoms with Crippen molar-refractivity contribution in [1.29, 1.82) is 0 Å². The standard InChI is InChI=1S/C16H31N3O2/c1-4-19(5-2)15(20)12-18(3)16(21)14-8-6-7-13(11-14)9-10-17/h13-14H,4-12,17H2,1-3H3. The normalized spacial score (nSPS) is 21.9. The monoisotopic (exact) mass is 297 g/mol. The van der Waals surface area contributed by atoms with Crippen molar-refractivity contribution in [3.8, 4) is 0 Å². The van der Waals surface area contributed by atoms with Crippen molar-refractivity contribution >= 4 is 11.8 Å².